The Morgan fingerprint density at radius 2 is 2.43 bits per heavy atom. The molecular weight excluding hydrogens is 186 g/mol. The lowest BCUT2D eigenvalue weighted by Gasteiger charge is -2.26. The number of hydrogen-bond acceptors (Lipinski definition) is 5. The molecule has 0 bridgehead atoms. The summed E-state index contributed by atoms with van der Waals surface area (Å²) in [5, 5.41) is 12.6. The van der Waals surface area contributed by atoms with Crippen LogP contribution in [-0.2, 0) is 10.4 Å². The van der Waals surface area contributed by atoms with Crippen LogP contribution in [0, 0.1) is 0 Å². The summed E-state index contributed by atoms with van der Waals surface area (Å²) in [6.07, 6.45) is 1.54. The van der Waals surface area contributed by atoms with E-state index >= 15 is 0 Å². The zero-order valence-electron chi connectivity index (χ0n) is 7.15. The molecule has 0 aromatic carbocycles. The number of amides is 1. The first-order valence-electron chi connectivity index (χ1n) is 4.24. The van der Waals surface area contributed by atoms with Crippen molar-refractivity contribution in [3.63, 3.8) is 0 Å². The minimum atomic E-state index is -1.50. The normalized spacial score (nSPS) is 27.9. The Bertz CT molecular complexity index is 434. The summed E-state index contributed by atoms with van der Waals surface area (Å²) in [6, 6.07) is 0. The fourth-order valence-corrected chi connectivity index (χ4v) is 1.80. The standard InChI is InChI=1S/C8H7N3O3/c12-7-8(13)1-2-14-6-4(8)5(11-7)9-3-10-6/h3,13H,1-2H2,(H,9,10,11,12). The van der Waals surface area contributed by atoms with Gasteiger partial charge < -0.3 is 15.2 Å². The van der Waals surface area contributed by atoms with Gasteiger partial charge in [-0.2, -0.15) is 0 Å². The van der Waals surface area contributed by atoms with E-state index < -0.39 is 11.5 Å². The first-order valence-corrected chi connectivity index (χ1v) is 4.24. The Morgan fingerprint density at radius 1 is 1.57 bits per heavy atom. The van der Waals surface area contributed by atoms with Crippen LogP contribution in [0.1, 0.15) is 12.0 Å². The summed E-state index contributed by atoms with van der Waals surface area (Å²) in [5.74, 6) is 0.196. The molecule has 6 nitrogen and oxygen atoms in total. The number of anilines is 1. The van der Waals surface area contributed by atoms with Gasteiger partial charge in [0.05, 0.1) is 12.2 Å². The Kier molecular flexibility index (Phi) is 1.22. The van der Waals surface area contributed by atoms with Crippen LogP contribution >= 0.6 is 0 Å². The van der Waals surface area contributed by atoms with Gasteiger partial charge in [0, 0.05) is 6.42 Å². The van der Waals surface area contributed by atoms with Gasteiger partial charge in [0.1, 0.15) is 12.1 Å². The van der Waals surface area contributed by atoms with Crippen LogP contribution in [0.2, 0.25) is 0 Å². The highest BCUT2D eigenvalue weighted by molar-refractivity contribution is 6.04. The van der Waals surface area contributed by atoms with E-state index in [1.165, 1.54) is 6.33 Å². The molecule has 6 heteroatoms. The quantitative estimate of drug-likeness (QED) is 0.574. The largest absolute Gasteiger partial charge is 0.477 e. The van der Waals surface area contributed by atoms with Crippen LogP contribution in [0.5, 0.6) is 5.88 Å². The molecule has 72 valence electrons. The molecule has 1 aromatic heterocycles. The lowest BCUT2D eigenvalue weighted by Crippen LogP contribution is -2.38. The van der Waals surface area contributed by atoms with Gasteiger partial charge in [-0.25, -0.2) is 9.97 Å². The van der Waals surface area contributed by atoms with Crippen molar-refractivity contribution in [3.05, 3.63) is 11.9 Å². The van der Waals surface area contributed by atoms with Gasteiger partial charge in [-0.1, -0.05) is 0 Å². The van der Waals surface area contributed by atoms with Gasteiger partial charge in [0.2, 0.25) is 5.88 Å². The van der Waals surface area contributed by atoms with Crippen molar-refractivity contribution in [2.75, 3.05) is 11.9 Å². The number of nitrogens with one attached hydrogen (secondary N) is 1. The summed E-state index contributed by atoms with van der Waals surface area (Å²) < 4.78 is 5.22. The maximum absolute atomic E-state index is 11.5. The topological polar surface area (TPSA) is 84.3 Å². The highest BCUT2D eigenvalue weighted by atomic mass is 16.5. The summed E-state index contributed by atoms with van der Waals surface area (Å²) in [6.45, 7) is 0.285. The number of hydrogen-bond donors (Lipinski definition) is 2. The summed E-state index contributed by atoms with van der Waals surface area (Å²) >= 11 is 0. The van der Waals surface area contributed by atoms with E-state index in [2.05, 4.69) is 15.3 Å². The second-order valence-corrected chi connectivity index (χ2v) is 3.32. The fraction of sp³-hybridized carbons (Fsp3) is 0.375. The molecule has 0 spiro atoms. The van der Waals surface area contributed by atoms with Crippen LogP contribution in [0.3, 0.4) is 0 Å². The SMILES string of the molecule is O=C1Nc2ncnc3c2C1(O)CCO3. The highest BCUT2D eigenvalue weighted by Crippen LogP contribution is 2.44. The molecule has 2 N–H and O–H groups in total. The van der Waals surface area contributed by atoms with Crippen molar-refractivity contribution in [2.24, 2.45) is 0 Å². The second kappa shape index (κ2) is 2.21. The number of rotatable bonds is 0. The monoisotopic (exact) mass is 193 g/mol. The van der Waals surface area contributed by atoms with Gasteiger partial charge in [-0.3, -0.25) is 4.79 Å². The van der Waals surface area contributed by atoms with Gasteiger partial charge in [0.15, 0.2) is 5.60 Å². The minimum Gasteiger partial charge on any atom is -0.477 e. The zero-order valence-corrected chi connectivity index (χ0v) is 7.15. The maximum atomic E-state index is 11.5. The third-order valence-electron chi connectivity index (χ3n) is 2.54. The molecule has 1 atom stereocenters. The van der Waals surface area contributed by atoms with Crippen molar-refractivity contribution in [1.82, 2.24) is 9.97 Å². The molecule has 2 aliphatic heterocycles. The third-order valence-corrected chi connectivity index (χ3v) is 2.54. The molecule has 2 aliphatic rings. The molecule has 3 rings (SSSR count). The zero-order chi connectivity index (χ0) is 9.76. The lowest BCUT2D eigenvalue weighted by molar-refractivity contribution is -0.136. The average molecular weight is 193 g/mol. The van der Waals surface area contributed by atoms with Crippen molar-refractivity contribution in [3.8, 4) is 5.88 Å². The number of ether oxygens (including phenoxy) is 1. The summed E-state index contributed by atoms with van der Waals surface area (Å²) in [4.78, 5) is 19.2. The molecule has 0 saturated carbocycles. The molecule has 1 amide bonds. The van der Waals surface area contributed by atoms with E-state index in [9.17, 15) is 9.90 Å². The second-order valence-electron chi connectivity index (χ2n) is 3.32. The highest BCUT2D eigenvalue weighted by Gasteiger charge is 2.51. The lowest BCUT2D eigenvalue weighted by atomic mass is 9.92. The van der Waals surface area contributed by atoms with Gasteiger partial charge >= 0.3 is 0 Å². The molecule has 1 unspecified atom stereocenters. The molecule has 0 saturated heterocycles. The number of carbonyl (C=O) groups excluding carboxylic acids is 1. The number of carbonyl (C=O) groups is 1. The molecule has 0 aliphatic carbocycles. The number of nitrogens with zero attached hydrogens (tertiary/aromatic N) is 2. The Balaban J connectivity index is 2.32. The Labute approximate surface area is 78.9 Å². The van der Waals surface area contributed by atoms with Crippen LogP contribution in [0.4, 0.5) is 5.82 Å². The first-order chi connectivity index (χ1) is 6.72. The van der Waals surface area contributed by atoms with Crippen LogP contribution in [-0.4, -0.2) is 27.6 Å². The van der Waals surface area contributed by atoms with E-state index in [1.807, 2.05) is 0 Å². The average Bonchev–Trinajstić information content (AvgIpc) is 2.42. The third kappa shape index (κ3) is 0.717. The van der Waals surface area contributed by atoms with Gasteiger partial charge in [0.25, 0.3) is 5.91 Å². The molecule has 3 heterocycles. The Hall–Kier alpha value is -1.69. The van der Waals surface area contributed by atoms with E-state index in [1.54, 1.807) is 0 Å². The van der Waals surface area contributed by atoms with Gasteiger partial charge in [-0.05, 0) is 0 Å². The van der Waals surface area contributed by atoms with E-state index in [4.69, 9.17) is 4.74 Å². The molecule has 0 fully saturated rings. The molecule has 0 radical (unpaired) electrons. The first kappa shape index (κ1) is 7.69. The predicted molar refractivity (Wildman–Crippen MR) is 44.7 cm³/mol. The maximum Gasteiger partial charge on any atom is 0.262 e. The fourth-order valence-electron chi connectivity index (χ4n) is 1.80. The smallest absolute Gasteiger partial charge is 0.262 e. The summed E-state index contributed by atoms with van der Waals surface area (Å²) in [7, 11) is 0. The summed E-state index contributed by atoms with van der Waals surface area (Å²) in [5.41, 5.74) is -1.12. The van der Waals surface area contributed by atoms with Crippen LogP contribution < -0.4 is 10.1 Å². The number of aromatic nitrogens is 2. The molecular formula is C8H7N3O3. The Morgan fingerprint density at radius 3 is 3.29 bits per heavy atom. The van der Waals surface area contributed by atoms with Gasteiger partial charge in [-0.15, -0.1) is 0 Å². The minimum absolute atomic E-state index is 0.242. The van der Waals surface area contributed by atoms with E-state index in [0.717, 1.165) is 0 Å². The van der Waals surface area contributed by atoms with Crippen LogP contribution in [0.25, 0.3) is 0 Å². The molecule has 14 heavy (non-hydrogen) atoms. The van der Waals surface area contributed by atoms with Crippen molar-refractivity contribution in [2.45, 2.75) is 12.0 Å². The van der Waals surface area contributed by atoms with Crippen molar-refractivity contribution >= 4 is 11.7 Å². The van der Waals surface area contributed by atoms with E-state index in [-0.39, 0.29) is 13.0 Å². The van der Waals surface area contributed by atoms with E-state index in [0.29, 0.717) is 17.3 Å². The van der Waals surface area contributed by atoms with Crippen molar-refractivity contribution in [1.29, 1.82) is 0 Å². The van der Waals surface area contributed by atoms with Crippen LogP contribution in [0.15, 0.2) is 6.33 Å². The number of aliphatic hydroxyl groups is 1. The predicted octanol–water partition coefficient (Wildman–Crippen LogP) is -0.601. The van der Waals surface area contributed by atoms with Crippen molar-refractivity contribution < 1.29 is 14.6 Å². The molecule has 1 aromatic rings.